The van der Waals surface area contributed by atoms with Crippen molar-refractivity contribution in [3.05, 3.63) is 18.0 Å². The van der Waals surface area contributed by atoms with Crippen molar-refractivity contribution >= 4 is 21.6 Å². The van der Waals surface area contributed by atoms with Crippen molar-refractivity contribution in [2.24, 2.45) is 0 Å². The summed E-state index contributed by atoms with van der Waals surface area (Å²) in [5, 5.41) is 2.46. The van der Waals surface area contributed by atoms with Gasteiger partial charge in [-0.1, -0.05) is 0 Å². The van der Waals surface area contributed by atoms with Crippen molar-refractivity contribution in [2.45, 2.75) is 18.9 Å². The van der Waals surface area contributed by atoms with Crippen LogP contribution in [0.3, 0.4) is 0 Å². The van der Waals surface area contributed by atoms with E-state index in [2.05, 4.69) is 15.0 Å². The summed E-state index contributed by atoms with van der Waals surface area (Å²) in [5.74, 6) is -0.139. The highest BCUT2D eigenvalue weighted by Crippen LogP contribution is 2.32. The Hall–Kier alpha value is -1.83. The Morgan fingerprint density at radius 3 is 2.63 bits per heavy atom. The minimum Gasteiger partial charge on any atom is -0.488 e. The van der Waals surface area contributed by atoms with E-state index >= 15 is 0 Å². The summed E-state index contributed by atoms with van der Waals surface area (Å²) >= 11 is 0. The molecule has 2 N–H and O–H groups in total. The maximum absolute atomic E-state index is 11.9. The molecule has 19 heavy (non-hydrogen) atoms. The molecule has 0 spiro atoms. The first-order valence-corrected chi connectivity index (χ1v) is 7.64. The summed E-state index contributed by atoms with van der Waals surface area (Å²) < 4.78 is 30.4. The van der Waals surface area contributed by atoms with Crippen molar-refractivity contribution in [1.29, 1.82) is 0 Å². The number of rotatable bonds is 5. The fourth-order valence-corrected chi connectivity index (χ4v) is 2.09. The Kier molecular flexibility index (Phi) is 3.61. The van der Waals surface area contributed by atoms with Crippen LogP contribution in [0.1, 0.15) is 23.2 Å². The molecule has 1 aromatic rings. The summed E-state index contributed by atoms with van der Waals surface area (Å²) in [7, 11) is -2.03. The Morgan fingerprint density at radius 2 is 2.11 bits per heavy atom. The topological polar surface area (TPSA) is 97.4 Å². The van der Waals surface area contributed by atoms with Gasteiger partial charge >= 0.3 is 0 Å². The number of pyridine rings is 1. The van der Waals surface area contributed by atoms with Crippen LogP contribution in [0.4, 0.5) is 5.69 Å². The molecule has 7 nitrogen and oxygen atoms in total. The fourth-order valence-electron chi connectivity index (χ4n) is 1.53. The van der Waals surface area contributed by atoms with Gasteiger partial charge in [-0.2, -0.15) is 0 Å². The van der Waals surface area contributed by atoms with Crippen molar-refractivity contribution in [2.75, 3.05) is 18.0 Å². The first kappa shape index (κ1) is 13.6. The van der Waals surface area contributed by atoms with E-state index in [0.29, 0.717) is 0 Å². The number of ether oxygens (including phenoxy) is 1. The molecule has 0 unspecified atom stereocenters. The minimum absolute atomic E-state index is 0.0821. The number of nitrogens with zero attached hydrogens (tertiary/aromatic N) is 1. The second-order valence-electron chi connectivity index (χ2n) is 4.33. The third-order valence-electron chi connectivity index (χ3n) is 2.48. The SMILES string of the molecule is CNC(=O)c1c(NS(C)(=O)=O)cncc1OC1CC1. The molecule has 1 amide bonds. The Labute approximate surface area is 111 Å². The largest absolute Gasteiger partial charge is 0.488 e. The number of hydrogen-bond donors (Lipinski definition) is 2. The van der Waals surface area contributed by atoms with E-state index in [1.165, 1.54) is 19.4 Å². The van der Waals surface area contributed by atoms with Crippen LogP contribution in [0.2, 0.25) is 0 Å². The second kappa shape index (κ2) is 5.04. The van der Waals surface area contributed by atoms with E-state index in [0.717, 1.165) is 19.1 Å². The van der Waals surface area contributed by atoms with Crippen LogP contribution in [0.5, 0.6) is 5.75 Å². The van der Waals surface area contributed by atoms with Crippen molar-refractivity contribution < 1.29 is 17.9 Å². The van der Waals surface area contributed by atoms with E-state index in [9.17, 15) is 13.2 Å². The maximum Gasteiger partial charge on any atom is 0.257 e. The summed E-state index contributed by atoms with van der Waals surface area (Å²) in [6.45, 7) is 0. The molecule has 0 radical (unpaired) electrons. The average Bonchev–Trinajstić information content (AvgIpc) is 3.10. The normalized spacial score (nSPS) is 14.8. The zero-order valence-electron chi connectivity index (χ0n) is 10.6. The molecule has 1 aliphatic rings. The van der Waals surface area contributed by atoms with Gasteiger partial charge in [-0.25, -0.2) is 8.42 Å². The molecule has 1 saturated carbocycles. The van der Waals surface area contributed by atoms with Gasteiger partial charge in [0.05, 0.1) is 30.4 Å². The smallest absolute Gasteiger partial charge is 0.257 e. The van der Waals surface area contributed by atoms with Gasteiger partial charge in [0.1, 0.15) is 5.56 Å². The molecule has 0 bridgehead atoms. The number of anilines is 1. The van der Waals surface area contributed by atoms with E-state index in [1.807, 2.05) is 0 Å². The molecule has 8 heteroatoms. The molecule has 0 atom stereocenters. The highest BCUT2D eigenvalue weighted by atomic mass is 32.2. The summed E-state index contributed by atoms with van der Waals surface area (Å²) in [6, 6.07) is 0. The molecule has 1 heterocycles. The first-order valence-electron chi connectivity index (χ1n) is 5.75. The van der Waals surface area contributed by atoms with Gasteiger partial charge in [0, 0.05) is 7.05 Å². The number of carbonyl (C=O) groups excluding carboxylic acids is 1. The first-order chi connectivity index (χ1) is 8.90. The monoisotopic (exact) mass is 285 g/mol. The third-order valence-corrected chi connectivity index (χ3v) is 3.07. The van der Waals surface area contributed by atoms with Gasteiger partial charge in [-0.15, -0.1) is 0 Å². The van der Waals surface area contributed by atoms with E-state index in [1.54, 1.807) is 0 Å². The number of hydrogen-bond acceptors (Lipinski definition) is 5. The number of carbonyl (C=O) groups is 1. The zero-order chi connectivity index (χ0) is 14.0. The average molecular weight is 285 g/mol. The van der Waals surface area contributed by atoms with Gasteiger partial charge in [0.15, 0.2) is 5.75 Å². The molecule has 0 saturated heterocycles. The van der Waals surface area contributed by atoms with Gasteiger partial charge < -0.3 is 10.1 Å². The number of aromatic nitrogens is 1. The predicted molar refractivity (Wildman–Crippen MR) is 69.7 cm³/mol. The van der Waals surface area contributed by atoms with Crippen LogP contribution >= 0.6 is 0 Å². The number of sulfonamides is 1. The van der Waals surface area contributed by atoms with Crippen molar-refractivity contribution in [3.8, 4) is 5.75 Å². The highest BCUT2D eigenvalue weighted by Gasteiger charge is 2.27. The molecular formula is C11H15N3O4S. The minimum atomic E-state index is -3.50. The van der Waals surface area contributed by atoms with Crippen molar-refractivity contribution in [3.63, 3.8) is 0 Å². The Balaban J connectivity index is 2.42. The van der Waals surface area contributed by atoms with E-state index in [4.69, 9.17) is 4.74 Å². The molecule has 2 rings (SSSR count). The van der Waals surface area contributed by atoms with Crippen LogP contribution in [-0.4, -0.2) is 38.7 Å². The maximum atomic E-state index is 11.9. The van der Waals surface area contributed by atoms with E-state index in [-0.39, 0.29) is 23.1 Å². The molecule has 1 fully saturated rings. The van der Waals surface area contributed by atoms with Crippen molar-refractivity contribution in [1.82, 2.24) is 10.3 Å². The third kappa shape index (κ3) is 3.57. The lowest BCUT2D eigenvalue weighted by atomic mass is 10.2. The Morgan fingerprint density at radius 1 is 1.42 bits per heavy atom. The zero-order valence-corrected chi connectivity index (χ0v) is 11.5. The van der Waals surface area contributed by atoms with Crippen LogP contribution in [0, 0.1) is 0 Å². The fraction of sp³-hybridized carbons (Fsp3) is 0.455. The van der Waals surface area contributed by atoms with Crippen LogP contribution in [0.15, 0.2) is 12.4 Å². The lowest BCUT2D eigenvalue weighted by Crippen LogP contribution is -2.22. The summed E-state index contributed by atoms with van der Waals surface area (Å²) in [4.78, 5) is 15.8. The number of nitrogens with one attached hydrogen (secondary N) is 2. The summed E-state index contributed by atoms with van der Waals surface area (Å²) in [5.41, 5.74) is 0.259. The molecule has 0 aromatic carbocycles. The van der Waals surface area contributed by atoms with Crippen LogP contribution < -0.4 is 14.8 Å². The Bertz CT molecular complexity index is 596. The van der Waals surface area contributed by atoms with Gasteiger partial charge in [-0.3, -0.25) is 14.5 Å². The molecular weight excluding hydrogens is 270 g/mol. The van der Waals surface area contributed by atoms with Gasteiger partial charge in [0.25, 0.3) is 5.91 Å². The predicted octanol–water partition coefficient (Wildman–Crippen LogP) is 0.354. The lowest BCUT2D eigenvalue weighted by Gasteiger charge is -2.14. The molecule has 104 valence electrons. The van der Waals surface area contributed by atoms with Gasteiger partial charge in [0.2, 0.25) is 10.0 Å². The molecule has 1 aromatic heterocycles. The summed E-state index contributed by atoms with van der Waals surface area (Å²) in [6.07, 6.45) is 5.64. The molecule has 1 aliphatic carbocycles. The van der Waals surface area contributed by atoms with Crippen LogP contribution in [-0.2, 0) is 10.0 Å². The van der Waals surface area contributed by atoms with Gasteiger partial charge in [-0.05, 0) is 12.8 Å². The van der Waals surface area contributed by atoms with Crippen LogP contribution in [0.25, 0.3) is 0 Å². The lowest BCUT2D eigenvalue weighted by molar-refractivity contribution is 0.0959. The van der Waals surface area contributed by atoms with E-state index < -0.39 is 15.9 Å². The molecule has 0 aliphatic heterocycles. The highest BCUT2D eigenvalue weighted by molar-refractivity contribution is 7.92. The number of amides is 1. The second-order valence-corrected chi connectivity index (χ2v) is 6.08. The standard InChI is InChI=1S/C11H15N3O4S/c1-12-11(15)10-8(14-19(2,16)17)5-13-6-9(10)18-7-3-4-7/h5-7,14H,3-4H2,1-2H3,(H,12,15). The quantitative estimate of drug-likeness (QED) is 0.813.